The minimum atomic E-state index is 0.368. The number of benzene rings is 1. The van der Waals surface area contributed by atoms with Gasteiger partial charge in [0.05, 0.1) is 0 Å². The number of hydrogen-bond donors (Lipinski definition) is 2. The second-order valence-electron chi connectivity index (χ2n) is 4.52. The predicted molar refractivity (Wildman–Crippen MR) is 60.5 cm³/mol. The summed E-state index contributed by atoms with van der Waals surface area (Å²) in [5.41, 5.74) is 2.61. The van der Waals surface area contributed by atoms with Crippen molar-refractivity contribution in [2.45, 2.75) is 18.4 Å². The fourth-order valence-electron chi connectivity index (χ4n) is 2.94. The number of likely N-dealkylation sites (N-methyl/N-ethyl adjacent to an activating group) is 1. The van der Waals surface area contributed by atoms with Gasteiger partial charge in [-0.2, -0.15) is 0 Å². The van der Waals surface area contributed by atoms with Gasteiger partial charge in [-0.15, -0.1) is 0 Å². The molecule has 2 unspecified atom stereocenters. The van der Waals surface area contributed by atoms with E-state index in [1.165, 1.54) is 17.7 Å². The van der Waals surface area contributed by atoms with Crippen LogP contribution in [-0.4, -0.2) is 31.3 Å². The zero-order valence-electron chi connectivity index (χ0n) is 8.90. The Morgan fingerprint density at radius 2 is 2.33 bits per heavy atom. The van der Waals surface area contributed by atoms with Crippen LogP contribution in [-0.2, 0) is 0 Å². The number of rotatable bonds is 0. The highest BCUT2D eigenvalue weighted by Gasteiger charge is 2.37. The maximum absolute atomic E-state index is 9.51. The molecule has 1 saturated heterocycles. The quantitative estimate of drug-likeness (QED) is 0.668. The van der Waals surface area contributed by atoms with Crippen molar-refractivity contribution in [3.8, 4) is 5.75 Å². The summed E-state index contributed by atoms with van der Waals surface area (Å²) in [5.74, 6) is 1.01. The van der Waals surface area contributed by atoms with E-state index in [1.54, 1.807) is 6.07 Å². The molecule has 2 heterocycles. The standard InChI is InChI=1S/C12H16N2O/c1-14-11-6-8(15)2-3-9(11)10-4-5-13-7-12(10)14/h2-3,6,10,12-13,15H,4-5,7H2,1H3. The van der Waals surface area contributed by atoms with E-state index < -0.39 is 0 Å². The minimum absolute atomic E-state index is 0.368. The molecular formula is C12H16N2O. The van der Waals surface area contributed by atoms with Crippen LogP contribution in [0.5, 0.6) is 5.75 Å². The number of phenols is 1. The highest BCUT2D eigenvalue weighted by molar-refractivity contribution is 5.64. The Balaban J connectivity index is 2.07. The first kappa shape index (κ1) is 9.04. The van der Waals surface area contributed by atoms with Crippen LogP contribution in [0, 0.1) is 0 Å². The Kier molecular flexibility index (Phi) is 1.89. The van der Waals surface area contributed by atoms with E-state index in [9.17, 15) is 5.11 Å². The van der Waals surface area contributed by atoms with Gasteiger partial charge in [-0.25, -0.2) is 0 Å². The highest BCUT2D eigenvalue weighted by Crippen LogP contribution is 2.43. The van der Waals surface area contributed by atoms with Crippen LogP contribution < -0.4 is 10.2 Å². The van der Waals surface area contributed by atoms with Gasteiger partial charge in [0.25, 0.3) is 0 Å². The number of phenolic OH excluding ortho intramolecular Hbond substituents is 1. The molecule has 2 N–H and O–H groups in total. The van der Waals surface area contributed by atoms with Crippen LogP contribution >= 0.6 is 0 Å². The average molecular weight is 204 g/mol. The zero-order chi connectivity index (χ0) is 10.4. The number of fused-ring (bicyclic) bond motifs is 3. The van der Waals surface area contributed by atoms with Gasteiger partial charge in [0.15, 0.2) is 0 Å². The molecule has 3 rings (SSSR count). The van der Waals surface area contributed by atoms with Crippen molar-refractivity contribution in [3.63, 3.8) is 0 Å². The molecule has 0 radical (unpaired) electrons. The number of nitrogens with one attached hydrogen (secondary N) is 1. The molecule has 0 spiro atoms. The van der Waals surface area contributed by atoms with Crippen molar-refractivity contribution in [2.75, 3.05) is 25.0 Å². The molecule has 0 saturated carbocycles. The molecule has 2 atom stereocenters. The number of nitrogens with zero attached hydrogens (tertiary/aromatic N) is 1. The van der Waals surface area contributed by atoms with Gasteiger partial charge in [0, 0.05) is 37.3 Å². The lowest BCUT2D eigenvalue weighted by atomic mass is 9.89. The van der Waals surface area contributed by atoms with Gasteiger partial charge < -0.3 is 15.3 Å². The van der Waals surface area contributed by atoms with E-state index in [2.05, 4.69) is 23.3 Å². The van der Waals surface area contributed by atoms with E-state index in [-0.39, 0.29) is 0 Å². The van der Waals surface area contributed by atoms with Gasteiger partial charge in [-0.1, -0.05) is 6.07 Å². The Hall–Kier alpha value is -1.22. The molecule has 1 aromatic carbocycles. The lowest BCUT2D eigenvalue weighted by Gasteiger charge is -2.31. The molecule has 80 valence electrons. The molecule has 0 amide bonds. The fourth-order valence-corrected chi connectivity index (χ4v) is 2.94. The maximum Gasteiger partial charge on any atom is 0.117 e. The number of piperidine rings is 1. The van der Waals surface area contributed by atoms with E-state index in [0.29, 0.717) is 17.7 Å². The van der Waals surface area contributed by atoms with Crippen LogP contribution in [0.15, 0.2) is 18.2 Å². The fraction of sp³-hybridized carbons (Fsp3) is 0.500. The third kappa shape index (κ3) is 1.23. The molecule has 15 heavy (non-hydrogen) atoms. The Labute approximate surface area is 89.7 Å². The van der Waals surface area contributed by atoms with Crippen molar-refractivity contribution < 1.29 is 5.11 Å². The van der Waals surface area contributed by atoms with Gasteiger partial charge in [0.2, 0.25) is 0 Å². The summed E-state index contributed by atoms with van der Waals surface area (Å²) in [7, 11) is 2.12. The monoisotopic (exact) mass is 204 g/mol. The number of aromatic hydroxyl groups is 1. The van der Waals surface area contributed by atoms with Gasteiger partial charge in [-0.05, 0) is 24.6 Å². The summed E-state index contributed by atoms with van der Waals surface area (Å²) in [4.78, 5) is 2.30. The molecule has 3 nitrogen and oxygen atoms in total. The van der Waals surface area contributed by atoms with Crippen molar-refractivity contribution in [3.05, 3.63) is 23.8 Å². The van der Waals surface area contributed by atoms with E-state index in [1.807, 2.05) is 6.07 Å². The van der Waals surface area contributed by atoms with Crippen LogP contribution in [0.2, 0.25) is 0 Å². The van der Waals surface area contributed by atoms with Gasteiger partial charge in [-0.3, -0.25) is 0 Å². The molecule has 1 fully saturated rings. The van der Waals surface area contributed by atoms with Gasteiger partial charge in [0.1, 0.15) is 5.75 Å². The Morgan fingerprint density at radius 1 is 1.47 bits per heavy atom. The summed E-state index contributed by atoms with van der Waals surface area (Å²) in [5, 5.41) is 12.9. The van der Waals surface area contributed by atoms with Crippen LogP contribution in [0.4, 0.5) is 5.69 Å². The van der Waals surface area contributed by atoms with Crippen LogP contribution in [0.1, 0.15) is 17.9 Å². The first-order chi connectivity index (χ1) is 7.27. The minimum Gasteiger partial charge on any atom is -0.508 e. The topological polar surface area (TPSA) is 35.5 Å². The summed E-state index contributed by atoms with van der Waals surface area (Å²) >= 11 is 0. The van der Waals surface area contributed by atoms with E-state index in [0.717, 1.165) is 13.1 Å². The van der Waals surface area contributed by atoms with Crippen LogP contribution in [0.3, 0.4) is 0 Å². The number of hydrogen-bond acceptors (Lipinski definition) is 3. The first-order valence-corrected chi connectivity index (χ1v) is 5.54. The third-order valence-electron chi connectivity index (χ3n) is 3.74. The zero-order valence-corrected chi connectivity index (χ0v) is 8.90. The van der Waals surface area contributed by atoms with Crippen molar-refractivity contribution in [1.82, 2.24) is 5.32 Å². The average Bonchev–Trinajstić information content (AvgIpc) is 2.54. The molecule has 1 aromatic rings. The molecule has 2 aliphatic heterocycles. The Bertz CT molecular complexity index is 391. The second kappa shape index (κ2) is 3.14. The SMILES string of the molecule is CN1c2cc(O)ccc2C2CCNCC21. The lowest BCUT2D eigenvalue weighted by Crippen LogP contribution is -2.44. The Morgan fingerprint density at radius 3 is 3.20 bits per heavy atom. The van der Waals surface area contributed by atoms with E-state index in [4.69, 9.17) is 0 Å². The summed E-state index contributed by atoms with van der Waals surface area (Å²) in [6.45, 7) is 2.16. The van der Waals surface area contributed by atoms with E-state index >= 15 is 0 Å². The van der Waals surface area contributed by atoms with Crippen molar-refractivity contribution in [1.29, 1.82) is 0 Å². The smallest absolute Gasteiger partial charge is 0.117 e. The molecule has 0 bridgehead atoms. The maximum atomic E-state index is 9.51. The first-order valence-electron chi connectivity index (χ1n) is 5.54. The second-order valence-corrected chi connectivity index (χ2v) is 4.52. The lowest BCUT2D eigenvalue weighted by molar-refractivity contribution is 0.413. The van der Waals surface area contributed by atoms with Gasteiger partial charge >= 0.3 is 0 Å². The largest absolute Gasteiger partial charge is 0.508 e. The molecule has 0 aliphatic carbocycles. The summed E-state index contributed by atoms with van der Waals surface area (Å²) in [6, 6.07) is 6.33. The third-order valence-corrected chi connectivity index (χ3v) is 3.74. The molecule has 3 heteroatoms. The predicted octanol–water partition coefficient (Wildman–Crippen LogP) is 1.29. The normalized spacial score (nSPS) is 28.7. The summed E-state index contributed by atoms with van der Waals surface area (Å²) in [6.07, 6.45) is 1.20. The van der Waals surface area contributed by atoms with Crippen molar-refractivity contribution >= 4 is 5.69 Å². The number of anilines is 1. The van der Waals surface area contributed by atoms with Crippen LogP contribution in [0.25, 0.3) is 0 Å². The molecular weight excluding hydrogens is 188 g/mol. The van der Waals surface area contributed by atoms with Crippen molar-refractivity contribution in [2.24, 2.45) is 0 Å². The molecule has 0 aromatic heterocycles. The summed E-state index contributed by atoms with van der Waals surface area (Å²) < 4.78 is 0. The molecule has 2 aliphatic rings. The highest BCUT2D eigenvalue weighted by atomic mass is 16.3.